The van der Waals surface area contributed by atoms with Gasteiger partial charge in [0.15, 0.2) is 11.4 Å². The fourth-order valence-corrected chi connectivity index (χ4v) is 3.99. The molecule has 1 N–H and O–H groups in total. The summed E-state index contributed by atoms with van der Waals surface area (Å²) in [4.78, 5) is 17.0. The molecule has 1 aliphatic rings. The molecule has 3 aromatic heterocycles. The molecule has 4 heterocycles. The molecule has 1 saturated heterocycles. The van der Waals surface area contributed by atoms with Gasteiger partial charge in [0.2, 0.25) is 0 Å². The lowest BCUT2D eigenvalue weighted by molar-refractivity contribution is -0.120. The Morgan fingerprint density at radius 2 is 2.21 bits per heavy atom. The highest BCUT2D eigenvalue weighted by atomic mass is 16.3. The van der Waals surface area contributed by atoms with Crippen molar-refractivity contribution in [3.8, 4) is 22.5 Å². The van der Waals surface area contributed by atoms with E-state index < -0.39 is 0 Å². The average molecular weight is 386 g/mol. The maximum absolute atomic E-state index is 12.5. The highest BCUT2D eigenvalue weighted by molar-refractivity contribution is 5.92. The lowest BCUT2D eigenvalue weighted by Crippen LogP contribution is -2.31. The third-order valence-corrected chi connectivity index (χ3v) is 5.47. The Hall–Kier alpha value is -3.25. The van der Waals surface area contributed by atoms with Crippen molar-refractivity contribution in [1.29, 1.82) is 0 Å². The minimum atomic E-state index is -0.00361. The second kappa shape index (κ2) is 7.29. The Labute approximate surface area is 168 Å². The fourth-order valence-electron chi connectivity index (χ4n) is 3.99. The van der Waals surface area contributed by atoms with E-state index in [1.54, 1.807) is 10.9 Å². The SMILES string of the molecule is Cn1cc(-c2ccnc3cc(-c4cccc(CC(=O)[C@@H]5CCCN5)c4)oc23)cn1. The first-order valence-corrected chi connectivity index (χ1v) is 9.90. The summed E-state index contributed by atoms with van der Waals surface area (Å²) >= 11 is 0. The lowest BCUT2D eigenvalue weighted by atomic mass is 10.0. The van der Waals surface area contributed by atoms with E-state index in [2.05, 4.69) is 15.4 Å². The molecule has 6 nitrogen and oxygen atoms in total. The highest BCUT2D eigenvalue weighted by Crippen LogP contribution is 2.33. The number of benzene rings is 1. The summed E-state index contributed by atoms with van der Waals surface area (Å²) in [5.41, 5.74) is 5.45. The van der Waals surface area contributed by atoms with Crippen LogP contribution in [0.1, 0.15) is 18.4 Å². The first-order chi connectivity index (χ1) is 14.2. The van der Waals surface area contributed by atoms with Gasteiger partial charge in [-0.15, -0.1) is 0 Å². The number of aromatic nitrogens is 3. The first-order valence-electron chi connectivity index (χ1n) is 9.90. The Kier molecular flexibility index (Phi) is 4.48. The summed E-state index contributed by atoms with van der Waals surface area (Å²) in [7, 11) is 1.89. The number of rotatable bonds is 5. The summed E-state index contributed by atoms with van der Waals surface area (Å²) < 4.78 is 7.98. The van der Waals surface area contributed by atoms with Gasteiger partial charge in [0.05, 0.1) is 12.2 Å². The third kappa shape index (κ3) is 3.47. The van der Waals surface area contributed by atoms with Crippen molar-refractivity contribution in [2.24, 2.45) is 7.05 Å². The first kappa shape index (κ1) is 17.8. The quantitative estimate of drug-likeness (QED) is 0.565. The number of furan rings is 1. The molecule has 146 valence electrons. The van der Waals surface area contributed by atoms with Crippen molar-refractivity contribution in [1.82, 2.24) is 20.1 Å². The lowest BCUT2D eigenvalue weighted by Gasteiger charge is -2.09. The van der Waals surface area contributed by atoms with Gasteiger partial charge in [0.25, 0.3) is 0 Å². The minimum absolute atomic E-state index is 0.00361. The van der Waals surface area contributed by atoms with Gasteiger partial charge >= 0.3 is 0 Å². The maximum atomic E-state index is 12.5. The number of carbonyl (C=O) groups is 1. The summed E-state index contributed by atoms with van der Waals surface area (Å²) in [6.07, 6.45) is 8.01. The Balaban J connectivity index is 1.47. The van der Waals surface area contributed by atoms with Crippen molar-refractivity contribution < 1.29 is 9.21 Å². The molecule has 6 heteroatoms. The van der Waals surface area contributed by atoms with Crippen LogP contribution in [-0.2, 0) is 18.3 Å². The summed E-state index contributed by atoms with van der Waals surface area (Å²) in [5.74, 6) is 1.00. The number of pyridine rings is 1. The smallest absolute Gasteiger partial charge is 0.161 e. The van der Waals surface area contributed by atoms with Crippen molar-refractivity contribution in [3.63, 3.8) is 0 Å². The molecule has 0 aliphatic carbocycles. The van der Waals surface area contributed by atoms with Gasteiger partial charge in [-0.05, 0) is 37.1 Å². The number of Topliss-reactive ketones (excluding diaryl/α,β-unsaturated/α-hetero) is 1. The van der Waals surface area contributed by atoms with E-state index in [1.807, 2.05) is 55.8 Å². The van der Waals surface area contributed by atoms with E-state index in [0.717, 1.165) is 58.5 Å². The second-order valence-corrected chi connectivity index (χ2v) is 7.58. The summed E-state index contributed by atoms with van der Waals surface area (Å²) in [5, 5.41) is 7.54. The van der Waals surface area contributed by atoms with Gasteiger partial charge in [-0.1, -0.05) is 18.2 Å². The molecule has 1 aromatic carbocycles. The van der Waals surface area contributed by atoms with Gasteiger partial charge in [-0.25, -0.2) is 0 Å². The monoisotopic (exact) mass is 386 g/mol. The number of ketones is 1. The van der Waals surface area contributed by atoms with Crippen LogP contribution < -0.4 is 5.32 Å². The van der Waals surface area contributed by atoms with Crippen LogP contribution in [0.2, 0.25) is 0 Å². The van der Waals surface area contributed by atoms with Gasteiger partial charge in [0.1, 0.15) is 11.3 Å². The highest BCUT2D eigenvalue weighted by Gasteiger charge is 2.22. The van der Waals surface area contributed by atoms with Crippen molar-refractivity contribution in [3.05, 3.63) is 60.6 Å². The molecule has 0 bridgehead atoms. The fraction of sp³-hybridized carbons (Fsp3) is 0.261. The number of carbonyl (C=O) groups excluding carboxylic acids is 1. The van der Waals surface area contributed by atoms with E-state index in [4.69, 9.17) is 4.42 Å². The maximum Gasteiger partial charge on any atom is 0.161 e. The number of nitrogens with zero attached hydrogens (tertiary/aromatic N) is 3. The van der Waals surface area contributed by atoms with Crippen LogP contribution in [0.4, 0.5) is 0 Å². The predicted octanol–water partition coefficient (Wildman–Crippen LogP) is 3.76. The Bertz CT molecular complexity index is 1180. The van der Waals surface area contributed by atoms with Gasteiger partial charge in [-0.3, -0.25) is 14.5 Å². The number of hydrogen-bond donors (Lipinski definition) is 1. The largest absolute Gasteiger partial charge is 0.454 e. The molecule has 0 spiro atoms. The van der Waals surface area contributed by atoms with Crippen LogP contribution >= 0.6 is 0 Å². The van der Waals surface area contributed by atoms with Crippen LogP contribution in [0.15, 0.2) is 59.4 Å². The second-order valence-electron chi connectivity index (χ2n) is 7.58. The van der Waals surface area contributed by atoms with E-state index in [9.17, 15) is 4.79 Å². The molecule has 5 rings (SSSR count). The van der Waals surface area contributed by atoms with Crippen LogP contribution in [0.3, 0.4) is 0 Å². The molecular formula is C23H22N4O2. The van der Waals surface area contributed by atoms with E-state index in [1.165, 1.54) is 0 Å². The van der Waals surface area contributed by atoms with E-state index in [-0.39, 0.29) is 11.8 Å². The van der Waals surface area contributed by atoms with Crippen LogP contribution in [0.25, 0.3) is 33.6 Å². The molecule has 29 heavy (non-hydrogen) atoms. The normalized spacial score (nSPS) is 16.5. The molecule has 4 aromatic rings. The summed E-state index contributed by atoms with van der Waals surface area (Å²) in [6, 6.07) is 11.9. The summed E-state index contributed by atoms with van der Waals surface area (Å²) in [6.45, 7) is 0.932. The van der Waals surface area contributed by atoms with Crippen molar-refractivity contribution >= 4 is 16.9 Å². The number of nitrogens with one attached hydrogen (secondary N) is 1. The molecule has 0 unspecified atom stereocenters. The molecule has 1 atom stereocenters. The van der Waals surface area contributed by atoms with E-state index >= 15 is 0 Å². The molecule has 0 radical (unpaired) electrons. The van der Waals surface area contributed by atoms with E-state index in [0.29, 0.717) is 6.42 Å². The van der Waals surface area contributed by atoms with Crippen LogP contribution in [0.5, 0.6) is 0 Å². The number of hydrogen-bond acceptors (Lipinski definition) is 5. The zero-order chi connectivity index (χ0) is 19.8. The van der Waals surface area contributed by atoms with Crippen LogP contribution in [0, 0.1) is 0 Å². The molecule has 0 saturated carbocycles. The predicted molar refractivity (Wildman–Crippen MR) is 111 cm³/mol. The van der Waals surface area contributed by atoms with Gasteiger partial charge in [0, 0.05) is 48.6 Å². The minimum Gasteiger partial charge on any atom is -0.454 e. The number of aryl methyl sites for hydroxylation is 1. The molecule has 1 fully saturated rings. The van der Waals surface area contributed by atoms with Gasteiger partial charge < -0.3 is 9.73 Å². The zero-order valence-corrected chi connectivity index (χ0v) is 16.3. The van der Waals surface area contributed by atoms with Crippen molar-refractivity contribution in [2.45, 2.75) is 25.3 Å². The number of fused-ring (bicyclic) bond motifs is 1. The molecule has 1 aliphatic heterocycles. The average Bonchev–Trinajstić information content (AvgIpc) is 3.48. The van der Waals surface area contributed by atoms with Crippen LogP contribution in [-0.4, -0.2) is 33.1 Å². The molecular weight excluding hydrogens is 364 g/mol. The third-order valence-electron chi connectivity index (χ3n) is 5.47. The van der Waals surface area contributed by atoms with Crippen molar-refractivity contribution in [2.75, 3.05) is 6.54 Å². The topological polar surface area (TPSA) is 73.0 Å². The van der Waals surface area contributed by atoms with Gasteiger partial charge in [-0.2, -0.15) is 5.10 Å². The Morgan fingerprint density at radius 1 is 1.28 bits per heavy atom. The Morgan fingerprint density at radius 3 is 3.00 bits per heavy atom. The molecule has 0 amide bonds. The standard InChI is InChI=1S/C23H22N4O2/c1-27-14-17(13-26-27)18-7-9-25-20-12-22(29-23(18)20)16-5-2-4-15(10-16)11-21(28)19-6-3-8-24-19/h2,4-5,7,9-10,12-14,19,24H,3,6,8,11H2,1H3/t19-/m0/s1. The zero-order valence-electron chi connectivity index (χ0n) is 16.3.